The van der Waals surface area contributed by atoms with E-state index in [1.807, 2.05) is 0 Å². The second-order valence-electron chi connectivity index (χ2n) is 6.75. The summed E-state index contributed by atoms with van der Waals surface area (Å²) < 4.78 is 41.0. The van der Waals surface area contributed by atoms with Crippen molar-refractivity contribution in [1.82, 2.24) is 9.55 Å². The topological polar surface area (TPSA) is 175 Å². The number of nitrogen functional groups attached to an aromatic ring is 1. The van der Waals surface area contributed by atoms with Crippen LogP contribution in [0, 0.1) is 5.82 Å². The molecular formula is C18H22FN3O10. The fourth-order valence-corrected chi connectivity index (χ4v) is 3.07. The lowest BCUT2D eigenvalue weighted by atomic mass is 9.97. The normalized spacial score (nSPS) is 24.8. The van der Waals surface area contributed by atoms with Crippen LogP contribution in [0.3, 0.4) is 0 Å². The standard InChI is InChI=1S/C18H22FN3O10/c1-7(23)28-6-12-13(29-8(2)24)14(30-9(3)25)15(31-10(4)26)17(32-12)22-5-11(19)16(20)21-18(22)27/h5,12-15,17H,6H2,1-4H3,(H2,20,21,27). The fourth-order valence-electron chi connectivity index (χ4n) is 3.07. The van der Waals surface area contributed by atoms with E-state index in [1.54, 1.807) is 0 Å². The number of ether oxygens (including phenoxy) is 5. The van der Waals surface area contributed by atoms with E-state index >= 15 is 0 Å². The summed E-state index contributed by atoms with van der Waals surface area (Å²) in [6, 6.07) is 0. The van der Waals surface area contributed by atoms with Crippen LogP contribution in [0.25, 0.3) is 0 Å². The number of nitrogens with zero attached hydrogens (tertiary/aromatic N) is 2. The fraction of sp³-hybridized carbons (Fsp3) is 0.556. The van der Waals surface area contributed by atoms with Gasteiger partial charge in [-0.2, -0.15) is 4.98 Å². The number of aromatic nitrogens is 2. The van der Waals surface area contributed by atoms with E-state index in [4.69, 9.17) is 29.4 Å². The molecular weight excluding hydrogens is 437 g/mol. The average molecular weight is 459 g/mol. The Labute approximate surface area is 180 Å². The third-order valence-corrected chi connectivity index (χ3v) is 4.17. The third kappa shape index (κ3) is 6.00. The zero-order chi connectivity index (χ0) is 24.2. The van der Waals surface area contributed by atoms with E-state index in [0.717, 1.165) is 27.7 Å². The van der Waals surface area contributed by atoms with Crippen molar-refractivity contribution in [3.63, 3.8) is 0 Å². The molecule has 2 rings (SSSR count). The van der Waals surface area contributed by atoms with Gasteiger partial charge >= 0.3 is 29.6 Å². The van der Waals surface area contributed by atoms with Crippen LogP contribution in [0.1, 0.15) is 33.9 Å². The lowest BCUT2D eigenvalue weighted by Crippen LogP contribution is -2.61. The molecule has 1 fully saturated rings. The molecule has 0 spiro atoms. The molecule has 1 aromatic heterocycles. The van der Waals surface area contributed by atoms with Gasteiger partial charge in [-0.3, -0.25) is 23.7 Å². The number of esters is 4. The highest BCUT2D eigenvalue weighted by Crippen LogP contribution is 2.34. The van der Waals surface area contributed by atoms with Crippen molar-refractivity contribution in [1.29, 1.82) is 0 Å². The zero-order valence-electron chi connectivity index (χ0n) is 17.6. The molecule has 0 radical (unpaired) electrons. The Hall–Kier alpha value is -3.55. The first-order valence-electron chi connectivity index (χ1n) is 9.25. The Kier molecular flexibility index (Phi) is 7.86. The van der Waals surface area contributed by atoms with Crippen LogP contribution in [0.4, 0.5) is 10.2 Å². The monoisotopic (exact) mass is 459 g/mol. The van der Waals surface area contributed by atoms with Crippen LogP contribution in [0.5, 0.6) is 0 Å². The minimum absolute atomic E-state index is 0.506. The van der Waals surface area contributed by atoms with Gasteiger partial charge in [0.25, 0.3) is 0 Å². The van der Waals surface area contributed by atoms with E-state index in [9.17, 15) is 28.4 Å². The Morgan fingerprint density at radius 1 is 1.00 bits per heavy atom. The van der Waals surface area contributed by atoms with E-state index in [0.29, 0.717) is 10.8 Å². The van der Waals surface area contributed by atoms with E-state index < -0.39 is 78.5 Å². The lowest BCUT2D eigenvalue weighted by molar-refractivity contribution is -0.269. The predicted molar refractivity (Wildman–Crippen MR) is 100 cm³/mol. The smallest absolute Gasteiger partial charge is 0.351 e. The number of hydrogen-bond donors (Lipinski definition) is 1. The maximum absolute atomic E-state index is 14.1. The minimum atomic E-state index is -1.62. The molecule has 176 valence electrons. The zero-order valence-corrected chi connectivity index (χ0v) is 17.6. The maximum atomic E-state index is 14.1. The summed E-state index contributed by atoms with van der Waals surface area (Å²) >= 11 is 0. The summed E-state index contributed by atoms with van der Waals surface area (Å²) in [6.45, 7) is 3.73. The van der Waals surface area contributed by atoms with Gasteiger partial charge in [0.05, 0.1) is 6.20 Å². The van der Waals surface area contributed by atoms with Crippen LogP contribution < -0.4 is 11.4 Å². The van der Waals surface area contributed by atoms with Gasteiger partial charge in [-0.15, -0.1) is 0 Å². The molecule has 1 aliphatic heterocycles. The van der Waals surface area contributed by atoms with Crippen molar-refractivity contribution >= 4 is 29.7 Å². The minimum Gasteiger partial charge on any atom is -0.463 e. The highest BCUT2D eigenvalue weighted by Gasteiger charge is 2.53. The van der Waals surface area contributed by atoms with Gasteiger partial charge in [-0.1, -0.05) is 0 Å². The summed E-state index contributed by atoms with van der Waals surface area (Å²) in [7, 11) is 0. The van der Waals surface area contributed by atoms with Crippen LogP contribution in [0.15, 0.2) is 11.0 Å². The van der Waals surface area contributed by atoms with Crippen LogP contribution in [-0.2, 0) is 42.9 Å². The van der Waals surface area contributed by atoms with Crippen LogP contribution in [-0.4, -0.2) is 64.5 Å². The maximum Gasteiger partial charge on any atom is 0.351 e. The SMILES string of the molecule is CC(=O)OCC1OC(n2cc(F)c(N)nc2=O)C(OC(C)=O)C(OC(C)=O)C1OC(C)=O. The molecule has 0 amide bonds. The number of carbonyl (C=O) groups is 4. The van der Waals surface area contributed by atoms with Crippen molar-refractivity contribution in [3.05, 3.63) is 22.5 Å². The van der Waals surface area contributed by atoms with E-state index in [2.05, 4.69) is 4.98 Å². The summed E-state index contributed by atoms with van der Waals surface area (Å²) in [6.07, 6.45) is -6.80. The molecule has 0 bridgehead atoms. The molecule has 0 aliphatic carbocycles. The Morgan fingerprint density at radius 2 is 1.53 bits per heavy atom. The first kappa shape index (κ1) is 24.7. The molecule has 5 unspecified atom stereocenters. The van der Waals surface area contributed by atoms with Crippen LogP contribution >= 0.6 is 0 Å². The Morgan fingerprint density at radius 3 is 2.06 bits per heavy atom. The van der Waals surface area contributed by atoms with Crippen molar-refractivity contribution < 1.29 is 47.3 Å². The highest BCUT2D eigenvalue weighted by molar-refractivity contribution is 5.68. The predicted octanol–water partition coefficient (Wildman–Crippen LogP) is -0.780. The van der Waals surface area contributed by atoms with Gasteiger partial charge in [0.1, 0.15) is 12.7 Å². The van der Waals surface area contributed by atoms with Gasteiger partial charge in [-0.25, -0.2) is 9.18 Å². The molecule has 5 atom stereocenters. The quantitative estimate of drug-likeness (QED) is 0.415. The second-order valence-corrected chi connectivity index (χ2v) is 6.75. The van der Waals surface area contributed by atoms with Crippen molar-refractivity contribution in [2.24, 2.45) is 0 Å². The van der Waals surface area contributed by atoms with Crippen molar-refractivity contribution in [2.45, 2.75) is 58.3 Å². The number of anilines is 1. The number of nitrogens with two attached hydrogens (primary N) is 1. The van der Waals surface area contributed by atoms with Gasteiger partial charge < -0.3 is 29.4 Å². The van der Waals surface area contributed by atoms with Gasteiger partial charge in [0.15, 0.2) is 36.2 Å². The first-order chi connectivity index (χ1) is 14.9. The molecule has 0 saturated carbocycles. The second kappa shape index (κ2) is 10.2. The van der Waals surface area contributed by atoms with Crippen molar-refractivity contribution in [2.75, 3.05) is 12.3 Å². The van der Waals surface area contributed by atoms with Crippen molar-refractivity contribution in [3.8, 4) is 0 Å². The molecule has 1 aliphatic rings. The molecule has 0 aromatic carbocycles. The molecule has 2 N–H and O–H groups in total. The van der Waals surface area contributed by atoms with Crippen LogP contribution in [0.2, 0.25) is 0 Å². The Balaban J connectivity index is 2.64. The molecule has 13 nitrogen and oxygen atoms in total. The molecule has 14 heteroatoms. The van der Waals surface area contributed by atoms with Gasteiger partial charge in [-0.05, 0) is 0 Å². The molecule has 1 aromatic rings. The van der Waals surface area contributed by atoms with Gasteiger partial charge in [0.2, 0.25) is 0 Å². The highest BCUT2D eigenvalue weighted by atomic mass is 19.1. The average Bonchev–Trinajstić information content (AvgIpc) is 2.65. The first-order valence-corrected chi connectivity index (χ1v) is 9.25. The van der Waals surface area contributed by atoms with E-state index in [-0.39, 0.29) is 0 Å². The number of hydrogen-bond acceptors (Lipinski definition) is 12. The molecule has 1 saturated heterocycles. The molecule has 32 heavy (non-hydrogen) atoms. The summed E-state index contributed by atoms with van der Waals surface area (Å²) in [5.41, 5.74) is 4.22. The number of carbonyl (C=O) groups excluding carboxylic acids is 4. The van der Waals surface area contributed by atoms with Gasteiger partial charge in [0, 0.05) is 27.7 Å². The Bertz CT molecular complexity index is 965. The molecule has 2 heterocycles. The summed E-state index contributed by atoms with van der Waals surface area (Å²) in [5, 5.41) is 0. The van der Waals surface area contributed by atoms with E-state index in [1.165, 1.54) is 0 Å². The lowest BCUT2D eigenvalue weighted by Gasteiger charge is -2.44. The summed E-state index contributed by atoms with van der Waals surface area (Å²) in [5.74, 6) is -5.03. The number of rotatable bonds is 6. The summed E-state index contributed by atoms with van der Waals surface area (Å²) in [4.78, 5) is 62.2. The third-order valence-electron chi connectivity index (χ3n) is 4.17. The number of halogens is 1. The largest absolute Gasteiger partial charge is 0.463 e.